The zero-order chi connectivity index (χ0) is 10.7. The van der Waals surface area contributed by atoms with Crippen LogP contribution in [0.2, 0.25) is 0 Å². The van der Waals surface area contributed by atoms with Gasteiger partial charge in [-0.3, -0.25) is 0 Å². The van der Waals surface area contributed by atoms with Crippen LogP contribution in [0.5, 0.6) is 0 Å². The van der Waals surface area contributed by atoms with Crippen LogP contribution in [0, 0.1) is 23.7 Å². The van der Waals surface area contributed by atoms with Crippen LogP contribution >= 0.6 is 0 Å². The lowest BCUT2D eigenvalue weighted by Crippen LogP contribution is -2.41. The van der Waals surface area contributed by atoms with Gasteiger partial charge in [0.25, 0.3) is 0 Å². The Kier molecular flexibility index (Phi) is 4.07. The quantitative estimate of drug-likeness (QED) is 0.734. The molecule has 1 nitrogen and oxygen atoms in total. The fourth-order valence-corrected chi connectivity index (χ4v) is 3.98. The summed E-state index contributed by atoms with van der Waals surface area (Å²) in [5.74, 6) is 4.04. The topological polar surface area (TPSA) is 12.0 Å². The molecule has 0 radical (unpaired) electrons. The Morgan fingerprint density at radius 3 is 2.60 bits per heavy atom. The summed E-state index contributed by atoms with van der Waals surface area (Å²) in [5.41, 5.74) is 0. The monoisotopic (exact) mass is 209 g/mol. The van der Waals surface area contributed by atoms with Crippen LogP contribution in [0.4, 0.5) is 0 Å². The molecule has 1 N–H and O–H groups in total. The van der Waals surface area contributed by atoms with E-state index < -0.39 is 0 Å². The van der Waals surface area contributed by atoms with E-state index in [2.05, 4.69) is 19.2 Å². The van der Waals surface area contributed by atoms with E-state index in [-0.39, 0.29) is 0 Å². The second-order valence-electron chi connectivity index (χ2n) is 5.75. The molecule has 0 aromatic carbocycles. The van der Waals surface area contributed by atoms with Crippen molar-refractivity contribution in [3.8, 4) is 0 Å². The van der Waals surface area contributed by atoms with Crippen molar-refractivity contribution >= 4 is 0 Å². The van der Waals surface area contributed by atoms with E-state index in [4.69, 9.17) is 0 Å². The highest BCUT2D eigenvalue weighted by atomic mass is 14.9. The van der Waals surface area contributed by atoms with Crippen LogP contribution in [-0.4, -0.2) is 13.1 Å². The normalized spacial score (nSPS) is 42.8. The summed E-state index contributed by atoms with van der Waals surface area (Å²) in [6.45, 7) is 7.38. The Labute approximate surface area is 95.0 Å². The Balaban J connectivity index is 1.99. The predicted octanol–water partition coefficient (Wildman–Crippen LogP) is 3.45. The van der Waals surface area contributed by atoms with Gasteiger partial charge in [-0.05, 0) is 49.6 Å². The van der Waals surface area contributed by atoms with Gasteiger partial charge in [0.2, 0.25) is 0 Å². The Morgan fingerprint density at radius 1 is 1.07 bits per heavy atom. The fourth-order valence-electron chi connectivity index (χ4n) is 3.98. The highest BCUT2D eigenvalue weighted by Gasteiger charge is 2.34. The van der Waals surface area contributed by atoms with Crippen molar-refractivity contribution in [2.45, 2.75) is 52.4 Å². The molecular formula is C14H27N. The van der Waals surface area contributed by atoms with Gasteiger partial charge in [0.1, 0.15) is 0 Å². The maximum atomic E-state index is 3.54. The molecule has 0 bridgehead atoms. The zero-order valence-corrected chi connectivity index (χ0v) is 10.5. The third-order valence-electron chi connectivity index (χ3n) is 4.89. The number of hydrogen-bond acceptors (Lipinski definition) is 1. The van der Waals surface area contributed by atoms with Crippen LogP contribution in [0.15, 0.2) is 0 Å². The van der Waals surface area contributed by atoms with Crippen molar-refractivity contribution in [3.05, 3.63) is 0 Å². The summed E-state index contributed by atoms with van der Waals surface area (Å²) in [6, 6.07) is 0. The molecule has 0 aromatic heterocycles. The van der Waals surface area contributed by atoms with Crippen molar-refractivity contribution in [3.63, 3.8) is 0 Å². The lowest BCUT2D eigenvalue weighted by atomic mass is 9.66. The predicted molar refractivity (Wildman–Crippen MR) is 65.9 cm³/mol. The second-order valence-corrected chi connectivity index (χ2v) is 5.75. The molecule has 2 fully saturated rings. The van der Waals surface area contributed by atoms with Gasteiger partial charge in [0.05, 0.1) is 0 Å². The van der Waals surface area contributed by atoms with E-state index in [0.29, 0.717) is 0 Å². The zero-order valence-electron chi connectivity index (χ0n) is 10.5. The van der Waals surface area contributed by atoms with E-state index in [9.17, 15) is 0 Å². The van der Waals surface area contributed by atoms with Gasteiger partial charge in [0.15, 0.2) is 0 Å². The van der Waals surface area contributed by atoms with Gasteiger partial charge in [-0.2, -0.15) is 0 Å². The molecule has 4 atom stereocenters. The average Bonchev–Trinajstić information content (AvgIpc) is 2.30. The number of nitrogens with one attached hydrogen (secondary N) is 1. The first-order valence-corrected chi connectivity index (χ1v) is 7.03. The van der Waals surface area contributed by atoms with Crippen LogP contribution in [0.3, 0.4) is 0 Å². The number of rotatable bonds is 2. The maximum Gasteiger partial charge on any atom is -0.00204 e. The van der Waals surface area contributed by atoms with Crippen molar-refractivity contribution in [2.24, 2.45) is 23.7 Å². The molecule has 4 unspecified atom stereocenters. The molecule has 2 rings (SSSR count). The van der Waals surface area contributed by atoms with Crippen molar-refractivity contribution < 1.29 is 0 Å². The molecule has 1 heteroatoms. The summed E-state index contributed by atoms with van der Waals surface area (Å²) in [6.07, 6.45) is 8.88. The lowest BCUT2D eigenvalue weighted by Gasteiger charge is -2.42. The molecular weight excluding hydrogens is 182 g/mol. The standard InChI is InChI=1S/C14H27N/c1-3-12-6-4-5-7-14(12)13-8-9-15-10-11(13)2/h11-15H,3-10H2,1-2H3. The minimum atomic E-state index is 0.913. The first-order chi connectivity index (χ1) is 7.33. The smallest absolute Gasteiger partial charge is 0.00204 e. The van der Waals surface area contributed by atoms with E-state index in [1.54, 1.807) is 0 Å². The summed E-state index contributed by atoms with van der Waals surface area (Å²) >= 11 is 0. The summed E-state index contributed by atoms with van der Waals surface area (Å²) in [5, 5.41) is 3.54. The van der Waals surface area contributed by atoms with E-state index in [1.165, 1.54) is 51.6 Å². The molecule has 1 aliphatic carbocycles. The highest BCUT2D eigenvalue weighted by molar-refractivity contribution is 4.86. The van der Waals surface area contributed by atoms with Gasteiger partial charge < -0.3 is 5.32 Å². The van der Waals surface area contributed by atoms with Crippen LogP contribution in [0.25, 0.3) is 0 Å². The molecule has 1 saturated carbocycles. The number of hydrogen-bond donors (Lipinski definition) is 1. The first kappa shape index (κ1) is 11.4. The minimum Gasteiger partial charge on any atom is -0.316 e. The van der Waals surface area contributed by atoms with Gasteiger partial charge >= 0.3 is 0 Å². The minimum absolute atomic E-state index is 0.913. The molecule has 0 amide bonds. The summed E-state index contributed by atoms with van der Waals surface area (Å²) in [4.78, 5) is 0. The van der Waals surface area contributed by atoms with Crippen LogP contribution < -0.4 is 5.32 Å². The summed E-state index contributed by atoms with van der Waals surface area (Å²) < 4.78 is 0. The maximum absolute atomic E-state index is 3.54. The van der Waals surface area contributed by atoms with Gasteiger partial charge in [-0.15, -0.1) is 0 Å². The lowest BCUT2D eigenvalue weighted by molar-refractivity contribution is 0.0942. The Bertz CT molecular complexity index is 190. The van der Waals surface area contributed by atoms with E-state index >= 15 is 0 Å². The molecule has 1 saturated heterocycles. The van der Waals surface area contributed by atoms with Crippen LogP contribution in [-0.2, 0) is 0 Å². The SMILES string of the molecule is CCC1CCCCC1C1CCNCC1C. The number of piperidine rings is 1. The van der Waals surface area contributed by atoms with Gasteiger partial charge in [-0.25, -0.2) is 0 Å². The first-order valence-electron chi connectivity index (χ1n) is 7.03. The average molecular weight is 209 g/mol. The third-order valence-corrected chi connectivity index (χ3v) is 4.89. The van der Waals surface area contributed by atoms with Gasteiger partial charge in [0, 0.05) is 0 Å². The third kappa shape index (κ3) is 2.55. The Morgan fingerprint density at radius 2 is 1.87 bits per heavy atom. The molecule has 1 aliphatic heterocycles. The molecule has 0 spiro atoms. The van der Waals surface area contributed by atoms with Crippen molar-refractivity contribution in [2.75, 3.05) is 13.1 Å². The van der Waals surface area contributed by atoms with E-state index in [0.717, 1.165) is 23.7 Å². The van der Waals surface area contributed by atoms with Crippen molar-refractivity contribution in [1.29, 1.82) is 0 Å². The van der Waals surface area contributed by atoms with E-state index in [1.807, 2.05) is 0 Å². The molecule has 2 aliphatic rings. The Hall–Kier alpha value is -0.0400. The molecule has 0 aromatic rings. The van der Waals surface area contributed by atoms with Crippen molar-refractivity contribution in [1.82, 2.24) is 5.32 Å². The molecule has 88 valence electrons. The largest absolute Gasteiger partial charge is 0.316 e. The second kappa shape index (κ2) is 5.34. The van der Waals surface area contributed by atoms with Crippen LogP contribution in [0.1, 0.15) is 52.4 Å². The molecule has 1 heterocycles. The molecule has 15 heavy (non-hydrogen) atoms. The fraction of sp³-hybridized carbons (Fsp3) is 1.00. The highest BCUT2D eigenvalue weighted by Crippen LogP contribution is 2.41. The summed E-state index contributed by atoms with van der Waals surface area (Å²) in [7, 11) is 0. The van der Waals surface area contributed by atoms with Gasteiger partial charge in [-0.1, -0.05) is 39.5 Å².